The van der Waals surface area contributed by atoms with Crippen molar-refractivity contribution in [3.05, 3.63) is 160 Å². The number of aliphatic carboxylic acids is 1. The van der Waals surface area contributed by atoms with Gasteiger partial charge in [-0.05, 0) is 16.7 Å². The van der Waals surface area contributed by atoms with Gasteiger partial charge in [0.05, 0.1) is 11.7 Å². The molecule has 0 aliphatic carbocycles. The maximum atomic E-state index is 13.8. The number of halogens is 2. The highest BCUT2D eigenvalue weighted by Gasteiger charge is 2.53. The van der Waals surface area contributed by atoms with Crippen molar-refractivity contribution in [2.24, 2.45) is 5.16 Å². The van der Waals surface area contributed by atoms with Crippen LogP contribution in [0.2, 0.25) is 0 Å². The molecule has 2 aromatic heterocycles. The van der Waals surface area contributed by atoms with Gasteiger partial charge in [0, 0.05) is 35.8 Å². The Morgan fingerprint density at radius 1 is 0.981 bits per heavy atom. The first kappa shape index (κ1) is 36.4. The number of oxime groups is 1. The second-order valence-electron chi connectivity index (χ2n) is 12.4. The lowest BCUT2D eigenvalue weighted by Crippen LogP contribution is -2.71. The number of carbonyl (C=O) groups excluding carboxylic acids is 3. The highest BCUT2D eigenvalue weighted by molar-refractivity contribution is 8.00. The quantitative estimate of drug-likeness (QED) is 0.0599. The van der Waals surface area contributed by atoms with E-state index in [0.717, 1.165) is 38.6 Å². The van der Waals surface area contributed by atoms with Crippen LogP contribution < -0.4 is 20.3 Å². The van der Waals surface area contributed by atoms with Gasteiger partial charge in [-0.15, -0.1) is 23.1 Å². The largest absolute Gasteiger partial charge is 0.543 e. The maximum absolute atomic E-state index is 13.8. The molecule has 5 aromatic rings. The number of aromatic nitrogens is 2. The molecule has 0 saturated carbocycles. The number of pyridine rings is 1. The Morgan fingerprint density at radius 3 is 2.13 bits per heavy atom. The van der Waals surface area contributed by atoms with Crippen LogP contribution >= 0.6 is 23.1 Å². The van der Waals surface area contributed by atoms with Crippen LogP contribution in [-0.2, 0) is 31.3 Å². The number of benzene rings is 3. The number of amides is 2. The van der Waals surface area contributed by atoms with Gasteiger partial charge in [0.15, 0.2) is 29.3 Å². The lowest BCUT2D eigenvalue weighted by Gasteiger charge is -2.50. The number of carboxylic acids is 1. The van der Waals surface area contributed by atoms with Gasteiger partial charge in [-0.25, -0.2) is 4.98 Å². The predicted molar refractivity (Wildman–Crippen MR) is 197 cm³/mol. The summed E-state index contributed by atoms with van der Waals surface area (Å²) in [5.41, 5.74) is 2.11. The van der Waals surface area contributed by atoms with Gasteiger partial charge in [0.25, 0.3) is 11.8 Å². The van der Waals surface area contributed by atoms with Gasteiger partial charge in [0.1, 0.15) is 22.6 Å². The molecule has 0 spiro atoms. The number of thiazole rings is 1. The molecular weight excluding hydrogens is 735 g/mol. The van der Waals surface area contributed by atoms with E-state index in [-0.39, 0.29) is 23.7 Å². The van der Waals surface area contributed by atoms with E-state index < -0.39 is 47.1 Å². The van der Waals surface area contributed by atoms with Gasteiger partial charge in [-0.1, -0.05) is 102 Å². The van der Waals surface area contributed by atoms with Crippen LogP contribution in [0.3, 0.4) is 0 Å². The van der Waals surface area contributed by atoms with E-state index in [0.29, 0.717) is 10.7 Å². The average Bonchev–Trinajstić information content (AvgIpc) is 3.65. The van der Waals surface area contributed by atoms with Gasteiger partial charge in [0.2, 0.25) is 0 Å². The number of aryl methyl sites for hydroxylation is 1. The number of fused-ring (bicyclic) bond motifs is 1. The van der Waals surface area contributed by atoms with Crippen LogP contribution in [0, 0.1) is 6.92 Å². The second-order valence-corrected chi connectivity index (χ2v) is 14.4. The number of hydrogen-bond acceptors (Lipinski definition) is 10. The first-order valence-corrected chi connectivity index (χ1v) is 18.7. The number of hydrogen-bond donors (Lipinski definition) is 2. The van der Waals surface area contributed by atoms with E-state index in [9.17, 15) is 28.3 Å². The van der Waals surface area contributed by atoms with Crippen molar-refractivity contribution >= 4 is 51.7 Å². The van der Waals surface area contributed by atoms with E-state index in [1.807, 2.05) is 121 Å². The lowest BCUT2D eigenvalue weighted by molar-refractivity contribution is -0.695. The average molecular weight is 767 g/mol. The molecule has 2 aliphatic heterocycles. The molecule has 54 heavy (non-hydrogen) atoms. The zero-order chi connectivity index (χ0) is 37.8. The SMILES string of the molecule is Cc1cccc[n+]1CC1=C(C(=O)[O-])N2C(=O)C(NC(=O)C(=NOC(F)F)c3csc(NC(c4ccccc4)(c4ccccc4)c4ccccc4)n3)[C@@H]2SC1. The summed E-state index contributed by atoms with van der Waals surface area (Å²) in [5.74, 6) is -2.98. The molecule has 15 heteroatoms. The Bertz CT molecular complexity index is 2140. The van der Waals surface area contributed by atoms with Crippen molar-refractivity contribution < 1.29 is 37.7 Å². The maximum Gasteiger partial charge on any atom is 0.407 e. The Kier molecular flexibility index (Phi) is 10.5. The van der Waals surface area contributed by atoms with Crippen molar-refractivity contribution in [1.82, 2.24) is 15.2 Å². The molecule has 2 N–H and O–H groups in total. The molecule has 7 rings (SSSR count). The molecule has 1 unspecified atom stereocenters. The Morgan fingerprint density at radius 2 is 1.57 bits per heavy atom. The number of nitrogens with zero attached hydrogens (tertiary/aromatic N) is 4. The van der Waals surface area contributed by atoms with E-state index >= 15 is 0 Å². The van der Waals surface area contributed by atoms with Crippen molar-refractivity contribution in [2.45, 2.75) is 37.0 Å². The molecule has 2 aliphatic rings. The van der Waals surface area contributed by atoms with Crippen molar-refractivity contribution in [2.75, 3.05) is 11.1 Å². The fourth-order valence-electron chi connectivity index (χ4n) is 6.63. The predicted octanol–water partition coefficient (Wildman–Crippen LogP) is 4.19. The number of anilines is 1. The first-order chi connectivity index (χ1) is 26.2. The number of carboxylic acid groups (broad SMARTS) is 1. The third-order valence-electron chi connectivity index (χ3n) is 9.16. The summed E-state index contributed by atoms with van der Waals surface area (Å²) in [5, 5.41) is 22.9. The Balaban J connectivity index is 1.17. The van der Waals surface area contributed by atoms with E-state index in [4.69, 9.17) is 0 Å². The minimum atomic E-state index is -3.35. The van der Waals surface area contributed by atoms with E-state index in [2.05, 4.69) is 25.6 Å². The first-order valence-electron chi connectivity index (χ1n) is 16.7. The topological polar surface area (TPSA) is 140 Å². The highest BCUT2D eigenvalue weighted by Crippen LogP contribution is 2.42. The van der Waals surface area contributed by atoms with Crippen LogP contribution in [0.15, 0.2) is 137 Å². The lowest BCUT2D eigenvalue weighted by atomic mass is 9.77. The molecule has 1 saturated heterocycles. The molecule has 2 atom stereocenters. The molecular formula is C39H32F2N6O5S2. The normalized spacial score (nSPS) is 17.1. The fourth-order valence-corrected chi connectivity index (χ4v) is 8.71. The summed E-state index contributed by atoms with van der Waals surface area (Å²) >= 11 is 2.38. The van der Waals surface area contributed by atoms with E-state index in [1.165, 1.54) is 17.1 Å². The smallest absolute Gasteiger partial charge is 0.407 e. The summed E-state index contributed by atoms with van der Waals surface area (Å²) in [6.07, 6.45) is 1.81. The van der Waals surface area contributed by atoms with Gasteiger partial charge in [-0.3, -0.25) is 14.5 Å². The summed E-state index contributed by atoms with van der Waals surface area (Å²) in [4.78, 5) is 49.5. The molecule has 0 bridgehead atoms. The van der Waals surface area contributed by atoms with Crippen molar-refractivity contribution in [3.8, 4) is 0 Å². The number of alkyl halides is 2. The summed E-state index contributed by atoms with van der Waals surface area (Å²) in [6, 6.07) is 33.5. The Hall–Kier alpha value is -5.93. The van der Waals surface area contributed by atoms with Crippen LogP contribution in [0.1, 0.15) is 28.1 Å². The number of nitrogens with one attached hydrogen (secondary N) is 2. The molecule has 2 amide bonds. The minimum Gasteiger partial charge on any atom is -0.543 e. The summed E-state index contributed by atoms with van der Waals surface area (Å²) in [7, 11) is 0. The number of thioether (sulfide) groups is 1. The van der Waals surface area contributed by atoms with Crippen LogP contribution in [0.25, 0.3) is 0 Å². The number of β-lactam (4-membered cyclic amide) rings is 1. The number of carbonyl (C=O) groups is 3. The summed E-state index contributed by atoms with van der Waals surface area (Å²) in [6.45, 7) is -1.25. The molecule has 1 fully saturated rings. The molecule has 0 radical (unpaired) electrons. The van der Waals surface area contributed by atoms with Crippen molar-refractivity contribution in [1.29, 1.82) is 0 Å². The monoisotopic (exact) mass is 766 g/mol. The molecule has 274 valence electrons. The van der Waals surface area contributed by atoms with Crippen LogP contribution in [-0.4, -0.2) is 57.2 Å². The highest BCUT2D eigenvalue weighted by atomic mass is 32.2. The van der Waals surface area contributed by atoms with Gasteiger partial charge >= 0.3 is 6.61 Å². The van der Waals surface area contributed by atoms with Crippen LogP contribution in [0.5, 0.6) is 0 Å². The zero-order valence-corrected chi connectivity index (χ0v) is 30.2. The Labute approximate surface area is 317 Å². The molecule has 4 heterocycles. The van der Waals surface area contributed by atoms with E-state index in [1.54, 1.807) is 6.20 Å². The molecule has 3 aromatic carbocycles. The fraction of sp³-hybridized carbons (Fsp3) is 0.179. The zero-order valence-electron chi connectivity index (χ0n) is 28.6. The molecule has 11 nitrogen and oxygen atoms in total. The third-order valence-corrected chi connectivity index (χ3v) is 11.3. The van der Waals surface area contributed by atoms with Gasteiger partial charge < -0.3 is 25.4 Å². The summed E-state index contributed by atoms with van der Waals surface area (Å²) < 4.78 is 28.5. The van der Waals surface area contributed by atoms with Crippen molar-refractivity contribution in [3.63, 3.8) is 0 Å². The minimum absolute atomic E-state index is 0.0866. The third kappa shape index (κ3) is 7.07. The standard InChI is InChI=1S/C39H32F2N6O5S2/c1-24-13-11-12-20-46(24)21-25-22-53-35-31(34(49)47(35)32(25)36(50)51)43-33(48)30(45-52-37(40)41)29-23-54-38(42-29)44-39(26-14-5-2-6-15-26,27-16-7-3-8-17-27)28-18-9-4-10-19-28/h2-20,23,31,35,37H,21-22H2,1H3,(H2-,42,43,44,48,50,51)/t31?,35-/m0/s1. The number of rotatable bonds is 13. The van der Waals surface area contributed by atoms with Gasteiger partial charge in [-0.2, -0.15) is 13.3 Å². The van der Waals surface area contributed by atoms with Crippen LogP contribution in [0.4, 0.5) is 13.9 Å². The second kappa shape index (κ2) is 15.6.